The fourth-order valence-electron chi connectivity index (χ4n) is 3.35. The second-order valence-electron chi connectivity index (χ2n) is 6.79. The minimum atomic E-state index is -1.85. The van der Waals surface area contributed by atoms with Crippen LogP contribution in [0, 0.1) is 5.92 Å². The molecule has 1 saturated carbocycles. The molecule has 1 aliphatic carbocycles. The van der Waals surface area contributed by atoms with Gasteiger partial charge in [-0.2, -0.15) is 0 Å². The average molecular weight is 342 g/mol. The minimum absolute atomic E-state index is 0.0897. The van der Waals surface area contributed by atoms with Gasteiger partial charge in [-0.3, -0.25) is 4.79 Å². The first-order valence-electron chi connectivity index (χ1n) is 9.21. The van der Waals surface area contributed by atoms with Gasteiger partial charge in [0.2, 0.25) is 0 Å². The van der Waals surface area contributed by atoms with Crippen LogP contribution in [-0.2, 0) is 14.0 Å². The molecule has 23 heavy (non-hydrogen) atoms. The number of likely N-dealkylation sites (tertiary alicyclic amines) is 1. The van der Waals surface area contributed by atoms with Crippen molar-refractivity contribution in [3.63, 3.8) is 0 Å². The Bertz CT molecular complexity index is 426. The van der Waals surface area contributed by atoms with Crippen molar-refractivity contribution < 1.29 is 18.8 Å². The first-order chi connectivity index (χ1) is 11.0. The molecule has 0 aromatic carbocycles. The molecule has 2 fully saturated rings. The fraction of sp³-hybridized carbons (Fsp3) is 0.882. The molecule has 2 unspecified atom stereocenters. The second kappa shape index (κ2) is 7.79. The van der Waals surface area contributed by atoms with E-state index < -0.39 is 20.5 Å². The van der Waals surface area contributed by atoms with Crippen molar-refractivity contribution in [1.82, 2.24) is 4.90 Å². The van der Waals surface area contributed by atoms with Crippen LogP contribution in [0.4, 0.5) is 4.79 Å². The second-order valence-corrected chi connectivity index (χ2v) is 11.5. The number of nitrogens with zero attached hydrogens (tertiary/aromatic N) is 1. The molecule has 2 atom stereocenters. The van der Waals surface area contributed by atoms with Crippen molar-refractivity contribution in [1.29, 1.82) is 0 Å². The van der Waals surface area contributed by atoms with Crippen LogP contribution in [0.5, 0.6) is 0 Å². The Kier molecular flexibility index (Phi) is 6.25. The SMILES string of the molecule is CCCCOC(=O)N1C(=O)C(O[Si](CC)(CC)CC)C1C1CC1. The number of unbranched alkanes of at least 4 members (excludes halogenated alkanes) is 1. The average Bonchev–Trinajstić information content (AvgIpc) is 3.38. The molecular weight excluding hydrogens is 310 g/mol. The van der Waals surface area contributed by atoms with Gasteiger partial charge in [0.1, 0.15) is 6.10 Å². The molecule has 0 aromatic rings. The predicted octanol–water partition coefficient (Wildman–Crippen LogP) is 3.93. The zero-order valence-corrected chi connectivity index (χ0v) is 16.0. The highest BCUT2D eigenvalue weighted by molar-refractivity contribution is 6.73. The van der Waals surface area contributed by atoms with Crippen LogP contribution in [0.15, 0.2) is 0 Å². The molecule has 5 nitrogen and oxygen atoms in total. The van der Waals surface area contributed by atoms with Crippen LogP contribution in [0.1, 0.15) is 53.4 Å². The lowest BCUT2D eigenvalue weighted by Gasteiger charge is -2.48. The molecule has 2 amide bonds. The van der Waals surface area contributed by atoms with Gasteiger partial charge in [-0.15, -0.1) is 0 Å². The Morgan fingerprint density at radius 2 is 1.78 bits per heavy atom. The highest BCUT2D eigenvalue weighted by atomic mass is 28.4. The lowest BCUT2D eigenvalue weighted by Crippen LogP contribution is -2.70. The number of carbonyl (C=O) groups is 2. The normalized spacial score (nSPS) is 24.5. The van der Waals surface area contributed by atoms with E-state index in [9.17, 15) is 9.59 Å². The van der Waals surface area contributed by atoms with Crippen molar-refractivity contribution in [3.05, 3.63) is 0 Å². The zero-order valence-electron chi connectivity index (χ0n) is 15.0. The van der Waals surface area contributed by atoms with E-state index >= 15 is 0 Å². The summed E-state index contributed by atoms with van der Waals surface area (Å²) in [4.78, 5) is 26.1. The van der Waals surface area contributed by atoms with Gasteiger partial charge in [0.05, 0.1) is 12.6 Å². The molecule has 0 spiro atoms. The van der Waals surface area contributed by atoms with Gasteiger partial charge in [-0.1, -0.05) is 34.1 Å². The summed E-state index contributed by atoms with van der Waals surface area (Å²) in [5.74, 6) is 0.226. The largest absolute Gasteiger partial charge is 0.449 e. The molecule has 1 heterocycles. The fourth-order valence-corrected chi connectivity index (χ4v) is 6.13. The van der Waals surface area contributed by atoms with Gasteiger partial charge in [-0.05, 0) is 43.3 Å². The van der Waals surface area contributed by atoms with Crippen molar-refractivity contribution in [2.45, 2.75) is 83.7 Å². The maximum absolute atomic E-state index is 12.5. The Labute approximate surface area is 140 Å². The third-order valence-corrected chi connectivity index (χ3v) is 10.0. The van der Waals surface area contributed by atoms with Crippen LogP contribution < -0.4 is 0 Å². The Morgan fingerprint density at radius 1 is 1.17 bits per heavy atom. The van der Waals surface area contributed by atoms with Crippen molar-refractivity contribution in [2.24, 2.45) is 5.92 Å². The molecular formula is C17H31NO4Si. The molecule has 1 saturated heterocycles. The van der Waals surface area contributed by atoms with Crippen LogP contribution in [-0.4, -0.2) is 44.0 Å². The number of amides is 2. The molecule has 0 aromatic heterocycles. The molecule has 132 valence electrons. The monoisotopic (exact) mass is 341 g/mol. The standard InChI is InChI=1S/C17H31NO4Si/c1-5-9-12-21-17(20)18-14(13-10-11-13)15(16(18)19)22-23(6-2,7-3)8-4/h13-15H,5-12H2,1-4H3. The molecule has 6 heteroatoms. The van der Waals surface area contributed by atoms with Crippen molar-refractivity contribution in [2.75, 3.05) is 6.61 Å². The van der Waals surface area contributed by atoms with E-state index in [2.05, 4.69) is 20.8 Å². The maximum Gasteiger partial charge on any atom is 0.416 e. The highest BCUT2D eigenvalue weighted by Crippen LogP contribution is 2.44. The van der Waals surface area contributed by atoms with E-state index in [-0.39, 0.29) is 11.9 Å². The highest BCUT2D eigenvalue weighted by Gasteiger charge is 2.59. The van der Waals surface area contributed by atoms with Gasteiger partial charge in [0.15, 0.2) is 8.32 Å². The lowest BCUT2D eigenvalue weighted by atomic mass is 9.94. The smallest absolute Gasteiger partial charge is 0.416 e. The van der Waals surface area contributed by atoms with Gasteiger partial charge in [0.25, 0.3) is 5.91 Å². The number of hydrogen-bond acceptors (Lipinski definition) is 4. The van der Waals surface area contributed by atoms with Crippen LogP contribution in [0.25, 0.3) is 0 Å². The first kappa shape index (κ1) is 18.5. The van der Waals surface area contributed by atoms with E-state index in [1.54, 1.807) is 0 Å². The zero-order chi connectivity index (χ0) is 17.0. The summed E-state index contributed by atoms with van der Waals surface area (Å²) in [5.41, 5.74) is 0. The number of rotatable bonds is 9. The summed E-state index contributed by atoms with van der Waals surface area (Å²) in [5, 5.41) is 0. The Morgan fingerprint density at radius 3 is 2.26 bits per heavy atom. The molecule has 2 aliphatic rings. The van der Waals surface area contributed by atoms with Crippen molar-refractivity contribution >= 4 is 20.3 Å². The third kappa shape index (κ3) is 3.79. The van der Waals surface area contributed by atoms with Gasteiger partial charge >= 0.3 is 6.09 Å². The maximum atomic E-state index is 12.5. The van der Waals surface area contributed by atoms with Crippen LogP contribution >= 0.6 is 0 Å². The first-order valence-corrected chi connectivity index (χ1v) is 11.7. The summed E-state index contributed by atoms with van der Waals surface area (Å²) >= 11 is 0. The molecule has 0 N–H and O–H groups in total. The van der Waals surface area contributed by atoms with Gasteiger partial charge in [0, 0.05) is 0 Å². The quantitative estimate of drug-likeness (QED) is 0.362. The van der Waals surface area contributed by atoms with Crippen molar-refractivity contribution in [3.8, 4) is 0 Å². The summed E-state index contributed by atoms with van der Waals surface area (Å²) in [6, 6.07) is 2.96. The Hall–Kier alpha value is -0.883. The molecule has 0 bridgehead atoms. The topological polar surface area (TPSA) is 55.8 Å². The van der Waals surface area contributed by atoms with E-state index in [1.165, 1.54) is 4.90 Å². The van der Waals surface area contributed by atoms with Crippen LogP contribution in [0.2, 0.25) is 18.1 Å². The summed E-state index contributed by atoms with van der Waals surface area (Å²) < 4.78 is 11.6. The number of imide groups is 1. The van der Waals surface area contributed by atoms with Gasteiger partial charge < -0.3 is 9.16 Å². The Balaban J connectivity index is 2.02. The number of carbonyl (C=O) groups excluding carboxylic acids is 2. The summed E-state index contributed by atoms with van der Waals surface area (Å²) in [6.45, 7) is 8.91. The van der Waals surface area contributed by atoms with E-state index in [0.717, 1.165) is 43.8 Å². The van der Waals surface area contributed by atoms with Crippen LogP contribution in [0.3, 0.4) is 0 Å². The van der Waals surface area contributed by atoms with E-state index in [0.29, 0.717) is 12.5 Å². The van der Waals surface area contributed by atoms with E-state index in [4.69, 9.17) is 9.16 Å². The molecule has 1 aliphatic heterocycles. The summed E-state index contributed by atoms with van der Waals surface area (Å²) in [7, 11) is -1.85. The lowest BCUT2D eigenvalue weighted by molar-refractivity contribution is -0.161. The number of β-lactam (4-membered cyclic amide) rings is 1. The summed E-state index contributed by atoms with van der Waals surface area (Å²) in [6.07, 6.45) is 3.07. The number of hydrogen-bond donors (Lipinski definition) is 0. The minimum Gasteiger partial charge on any atom is -0.449 e. The van der Waals surface area contributed by atoms with Gasteiger partial charge in [-0.25, -0.2) is 9.69 Å². The number of ether oxygens (including phenoxy) is 1. The molecule has 0 radical (unpaired) electrons. The predicted molar refractivity (Wildman–Crippen MR) is 91.7 cm³/mol. The molecule has 2 rings (SSSR count). The van der Waals surface area contributed by atoms with E-state index in [1.807, 2.05) is 6.92 Å². The third-order valence-electron chi connectivity index (χ3n) is 5.42.